The van der Waals surface area contributed by atoms with Crippen LogP contribution in [0.4, 0.5) is 0 Å². The van der Waals surface area contributed by atoms with Crippen LogP contribution in [0.3, 0.4) is 0 Å². The first kappa shape index (κ1) is 15.7. The lowest BCUT2D eigenvalue weighted by atomic mass is 10.0. The predicted molar refractivity (Wildman–Crippen MR) is 85.8 cm³/mol. The molecule has 3 heterocycles. The minimum absolute atomic E-state index is 0.0297. The Bertz CT molecular complexity index is 636. The van der Waals surface area contributed by atoms with E-state index in [-0.39, 0.29) is 17.9 Å². The van der Waals surface area contributed by atoms with E-state index in [1.165, 1.54) is 5.01 Å². The Balaban J connectivity index is 1.74. The summed E-state index contributed by atoms with van der Waals surface area (Å²) in [5, 5.41) is 9.79. The number of aryl methyl sites for hydroxylation is 1. The fraction of sp³-hybridized carbons (Fsp3) is 0.625. The highest BCUT2D eigenvalue weighted by molar-refractivity contribution is 6.39. The normalized spacial score (nSPS) is 22.3. The SMILES string of the molecule is Cc1cnn(CC2CCCCN2C(=O)C2=NN(C)C(=O)CC2)c1. The Morgan fingerprint density at radius 1 is 1.35 bits per heavy atom. The van der Waals surface area contributed by atoms with Crippen molar-refractivity contribution in [1.29, 1.82) is 0 Å². The Kier molecular flexibility index (Phi) is 4.45. The number of piperidine rings is 1. The van der Waals surface area contributed by atoms with Crippen LogP contribution in [-0.4, -0.2) is 56.8 Å². The third-order valence-electron chi connectivity index (χ3n) is 4.50. The molecule has 2 aliphatic heterocycles. The number of carbonyl (C=O) groups is 2. The van der Waals surface area contributed by atoms with Crippen molar-refractivity contribution in [1.82, 2.24) is 19.7 Å². The first-order chi connectivity index (χ1) is 11.0. The van der Waals surface area contributed by atoms with E-state index in [4.69, 9.17) is 0 Å². The maximum atomic E-state index is 12.8. The molecule has 0 spiro atoms. The lowest BCUT2D eigenvalue weighted by Gasteiger charge is -2.36. The van der Waals surface area contributed by atoms with Crippen molar-refractivity contribution >= 4 is 17.5 Å². The Morgan fingerprint density at radius 3 is 2.87 bits per heavy atom. The fourth-order valence-corrected chi connectivity index (χ4v) is 3.23. The van der Waals surface area contributed by atoms with Gasteiger partial charge in [0.25, 0.3) is 5.91 Å². The molecule has 2 aliphatic rings. The zero-order valence-corrected chi connectivity index (χ0v) is 13.7. The summed E-state index contributed by atoms with van der Waals surface area (Å²) in [5.74, 6) is -0.0679. The quantitative estimate of drug-likeness (QED) is 0.840. The number of likely N-dealkylation sites (tertiary alicyclic amines) is 1. The van der Waals surface area contributed by atoms with Gasteiger partial charge in [0.2, 0.25) is 5.91 Å². The Hall–Kier alpha value is -2.18. The molecule has 124 valence electrons. The zero-order chi connectivity index (χ0) is 16.4. The number of carbonyl (C=O) groups excluding carboxylic acids is 2. The Labute approximate surface area is 135 Å². The summed E-state index contributed by atoms with van der Waals surface area (Å²) < 4.78 is 1.91. The lowest BCUT2D eigenvalue weighted by Crippen LogP contribution is -2.49. The second kappa shape index (κ2) is 6.52. The van der Waals surface area contributed by atoms with Crippen molar-refractivity contribution in [3.8, 4) is 0 Å². The number of hydrazone groups is 1. The van der Waals surface area contributed by atoms with Gasteiger partial charge in [-0.15, -0.1) is 0 Å². The average Bonchev–Trinajstić information content (AvgIpc) is 2.95. The molecular formula is C16H23N5O2. The van der Waals surface area contributed by atoms with Gasteiger partial charge in [0, 0.05) is 32.6 Å². The lowest BCUT2D eigenvalue weighted by molar-refractivity contribution is -0.131. The molecular weight excluding hydrogens is 294 g/mol. The van der Waals surface area contributed by atoms with E-state index in [9.17, 15) is 9.59 Å². The van der Waals surface area contributed by atoms with Crippen molar-refractivity contribution in [2.45, 2.75) is 51.6 Å². The fourth-order valence-electron chi connectivity index (χ4n) is 3.23. The predicted octanol–water partition coefficient (Wildman–Crippen LogP) is 1.18. The van der Waals surface area contributed by atoms with Crippen molar-refractivity contribution in [2.24, 2.45) is 5.10 Å². The largest absolute Gasteiger partial charge is 0.333 e. The number of hydrogen-bond acceptors (Lipinski definition) is 4. The molecule has 1 atom stereocenters. The van der Waals surface area contributed by atoms with Crippen LogP contribution in [0.2, 0.25) is 0 Å². The standard InChI is InChI=1S/C16H23N5O2/c1-12-9-17-20(10-12)11-13-5-3-4-8-21(13)16(23)14-6-7-15(22)19(2)18-14/h9-10,13H,3-8,11H2,1-2H3. The molecule has 1 unspecified atom stereocenters. The number of hydrogen-bond donors (Lipinski definition) is 0. The number of rotatable bonds is 3. The van der Waals surface area contributed by atoms with Gasteiger partial charge >= 0.3 is 0 Å². The number of aromatic nitrogens is 2. The summed E-state index contributed by atoms with van der Waals surface area (Å²) in [6, 6.07) is 0.140. The van der Waals surface area contributed by atoms with Crippen LogP contribution in [0.25, 0.3) is 0 Å². The van der Waals surface area contributed by atoms with Gasteiger partial charge in [-0.1, -0.05) is 0 Å². The molecule has 7 nitrogen and oxygen atoms in total. The maximum absolute atomic E-state index is 12.8. The molecule has 0 bridgehead atoms. The molecule has 0 N–H and O–H groups in total. The van der Waals surface area contributed by atoms with E-state index in [1.807, 2.05) is 28.9 Å². The monoisotopic (exact) mass is 317 g/mol. The number of amides is 2. The maximum Gasteiger partial charge on any atom is 0.270 e. The molecule has 0 aliphatic carbocycles. The molecule has 1 saturated heterocycles. The first-order valence-corrected chi connectivity index (χ1v) is 8.18. The molecule has 1 aromatic rings. The smallest absolute Gasteiger partial charge is 0.270 e. The molecule has 7 heteroatoms. The summed E-state index contributed by atoms with van der Waals surface area (Å²) >= 11 is 0. The van der Waals surface area contributed by atoms with Gasteiger partial charge in [0.1, 0.15) is 5.71 Å². The van der Waals surface area contributed by atoms with Crippen LogP contribution in [0.1, 0.15) is 37.7 Å². The van der Waals surface area contributed by atoms with E-state index in [1.54, 1.807) is 7.05 Å². The van der Waals surface area contributed by atoms with Gasteiger partial charge in [0.05, 0.1) is 18.8 Å². The van der Waals surface area contributed by atoms with Crippen LogP contribution >= 0.6 is 0 Å². The van der Waals surface area contributed by atoms with Gasteiger partial charge < -0.3 is 4.90 Å². The van der Waals surface area contributed by atoms with Crippen molar-refractivity contribution in [3.63, 3.8) is 0 Å². The molecule has 3 rings (SSSR count). The van der Waals surface area contributed by atoms with Crippen LogP contribution < -0.4 is 0 Å². The molecule has 23 heavy (non-hydrogen) atoms. The van der Waals surface area contributed by atoms with Crippen molar-refractivity contribution < 1.29 is 9.59 Å². The van der Waals surface area contributed by atoms with E-state index in [0.717, 1.165) is 31.4 Å². The summed E-state index contributed by atoms with van der Waals surface area (Å²) in [4.78, 5) is 26.3. The summed E-state index contributed by atoms with van der Waals surface area (Å²) in [6.07, 6.45) is 7.75. The van der Waals surface area contributed by atoms with E-state index >= 15 is 0 Å². The van der Waals surface area contributed by atoms with Gasteiger partial charge in [-0.2, -0.15) is 10.2 Å². The van der Waals surface area contributed by atoms with Crippen LogP contribution in [0.15, 0.2) is 17.5 Å². The molecule has 0 aromatic carbocycles. The van der Waals surface area contributed by atoms with Crippen LogP contribution in [-0.2, 0) is 16.1 Å². The minimum Gasteiger partial charge on any atom is -0.333 e. The van der Waals surface area contributed by atoms with E-state index in [0.29, 0.717) is 25.1 Å². The molecule has 0 radical (unpaired) electrons. The topological polar surface area (TPSA) is 70.8 Å². The second-order valence-electron chi connectivity index (χ2n) is 6.35. The summed E-state index contributed by atoms with van der Waals surface area (Å²) in [5.41, 5.74) is 1.62. The molecule has 1 aromatic heterocycles. The van der Waals surface area contributed by atoms with Crippen LogP contribution in [0, 0.1) is 6.92 Å². The van der Waals surface area contributed by atoms with Gasteiger partial charge in [0.15, 0.2) is 0 Å². The second-order valence-corrected chi connectivity index (χ2v) is 6.35. The summed E-state index contributed by atoms with van der Waals surface area (Å²) in [6.45, 7) is 3.47. The molecule has 2 amide bonds. The van der Waals surface area contributed by atoms with Crippen LogP contribution in [0.5, 0.6) is 0 Å². The van der Waals surface area contributed by atoms with Gasteiger partial charge in [-0.25, -0.2) is 5.01 Å². The highest BCUT2D eigenvalue weighted by Crippen LogP contribution is 2.21. The third-order valence-corrected chi connectivity index (χ3v) is 4.50. The van der Waals surface area contributed by atoms with E-state index in [2.05, 4.69) is 10.2 Å². The zero-order valence-electron chi connectivity index (χ0n) is 13.7. The highest BCUT2D eigenvalue weighted by atomic mass is 16.2. The summed E-state index contributed by atoms with van der Waals surface area (Å²) in [7, 11) is 1.61. The van der Waals surface area contributed by atoms with E-state index < -0.39 is 0 Å². The minimum atomic E-state index is -0.0382. The highest BCUT2D eigenvalue weighted by Gasteiger charge is 2.32. The molecule has 0 saturated carbocycles. The Morgan fingerprint density at radius 2 is 2.17 bits per heavy atom. The third kappa shape index (κ3) is 3.43. The van der Waals surface area contributed by atoms with Gasteiger partial charge in [-0.3, -0.25) is 14.3 Å². The van der Waals surface area contributed by atoms with Gasteiger partial charge in [-0.05, 0) is 31.7 Å². The van der Waals surface area contributed by atoms with Crippen molar-refractivity contribution in [3.05, 3.63) is 18.0 Å². The molecule has 1 fully saturated rings. The van der Waals surface area contributed by atoms with Crippen molar-refractivity contribution in [2.75, 3.05) is 13.6 Å². The average molecular weight is 317 g/mol. The number of nitrogens with zero attached hydrogens (tertiary/aromatic N) is 5. The first-order valence-electron chi connectivity index (χ1n) is 8.18.